The third-order valence-electron chi connectivity index (χ3n) is 3.75. The number of hydrogen-bond acceptors (Lipinski definition) is 3. The lowest BCUT2D eigenvalue weighted by Crippen LogP contribution is -2.13. The molecule has 0 aliphatic carbocycles. The summed E-state index contributed by atoms with van der Waals surface area (Å²) in [7, 11) is 0. The van der Waals surface area contributed by atoms with Gasteiger partial charge in [-0.2, -0.15) is 0 Å². The molecule has 136 valence electrons. The lowest BCUT2D eigenvalue weighted by atomic mass is 10.1. The first-order chi connectivity index (χ1) is 13.0. The average molecular weight is 383 g/mol. The van der Waals surface area contributed by atoms with Gasteiger partial charge in [-0.3, -0.25) is 9.59 Å². The number of rotatable bonds is 6. The van der Waals surface area contributed by atoms with E-state index < -0.39 is 17.5 Å². The van der Waals surface area contributed by atoms with Crippen LogP contribution in [0.2, 0.25) is 0 Å². The molecule has 3 rings (SSSR count). The number of amides is 1. The quantitative estimate of drug-likeness (QED) is 0.471. The number of nitrogens with one attached hydrogen (secondary N) is 1. The number of halogens is 2. The van der Waals surface area contributed by atoms with Crippen LogP contribution in [0, 0.1) is 11.6 Å². The summed E-state index contributed by atoms with van der Waals surface area (Å²) in [5, 5.41) is 2.65. The molecule has 0 aromatic heterocycles. The Hall–Kier alpha value is -2.99. The zero-order chi connectivity index (χ0) is 19.2. The highest BCUT2D eigenvalue weighted by molar-refractivity contribution is 8.00. The summed E-state index contributed by atoms with van der Waals surface area (Å²) in [5.41, 5.74) is 0.900. The van der Waals surface area contributed by atoms with Crippen LogP contribution in [0.4, 0.5) is 14.5 Å². The van der Waals surface area contributed by atoms with Crippen LogP contribution >= 0.6 is 11.8 Å². The van der Waals surface area contributed by atoms with Gasteiger partial charge in [-0.1, -0.05) is 18.2 Å². The molecule has 27 heavy (non-hydrogen) atoms. The number of thioether (sulfide) groups is 1. The molecule has 1 N–H and O–H groups in total. The molecule has 1 amide bonds. The van der Waals surface area contributed by atoms with Gasteiger partial charge in [0, 0.05) is 16.1 Å². The molecule has 0 heterocycles. The van der Waals surface area contributed by atoms with Crippen molar-refractivity contribution in [3.05, 3.63) is 95.6 Å². The third-order valence-corrected chi connectivity index (χ3v) is 4.74. The Bertz CT molecular complexity index is 974. The van der Waals surface area contributed by atoms with Gasteiger partial charge < -0.3 is 5.32 Å². The number of carbonyl (C=O) groups is 2. The number of benzene rings is 3. The molecule has 0 aliphatic heterocycles. The van der Waals surface area contributed by atoms with Crippen molar-refractivity contribution >= 4 is 29.1 Å². The lowest BCUT2D eigenvalue weighted by Gasteiger charge is -2.08. The van der Waals surface area contributed by atoms with Crippen molar-refractivity contribution in [2.45, 2.75) is 4.90 Å². The van der Waals surface area contributed by atoms with E-state index >= 15 is 0 Å². The minimum Gasteiger partial charge on any atom is -0.322 e. The van der Waals surface area contributed by atoms with E-state index in [1.807, 2.05) is 0 Å². The lowest BCUT2D eigenvalue weighted by molar-refractivity contribution is 0.101. The first kappa shape index (κ1) is 18.8. The highest BCUT2D eigenvalue weighted by Gasteiger charge is 2.12. The van der Waals surface area contributed by atoms with Crippen molar-refractivity contribution in [2.24, 2.45) is 0 Å². The summed E-state index contributed by atoms with van der Waals surface area (Å²) >= 11 is 1.30. The molecule has 3 aromatic carbocycles. The van der Waals surface area contributed by atoms with E-state index in [0.717, 1.165) is 4.90 Å². The normalized spacial score (nSPS) is 10.4. The van der Waals surface area contributed by atoms with E-state index in [-0.39, 0.29) is 17.1 Å². The van der Waals surface area contributed by atoms with Crippen molar-refractivity contribution in [3.8, 4) is 0 Å². The van der Waals surface area contributed by atoms with E-state index in [9.17, 15) is 18.4 Å². The molecule has 0 unspecified atom stereocenters. The summed E-state index contributed by atoms with van der Waals surface area (Å²) in [5.74, 6) is -1.47. The fourth-order valence-corrected chi connectivity index (χ4v) is 3.22. The number of anilines is 1. The third kappa shape index (κ3) is 5.01. The average Bonchev–Trinajstić information content (AvgIpc) is 2.67. The second-order valence-corrected chi connectivity index (χ2v) is 6.73. The van der Waals surface area contributed by atoms with E-state index in [4.69, 9.17) is 0 Å². The monoisotopic (exact) mass is 383 g/mol. The van der Waals surface area contributed by atoms with Gasteiger partial charge in [0.05, 0.1) is 11.3 Å². The Labute approximate surface area is 159 Å². The highest BCUT2D eigenvalue weighted by Crippen LogP contribution is 2.23. The smallest absolute Gasteiger partial charge is 0.258 e. The second-order valence-electron chi connectivity index (χ2n) is 5.68. The summed E-state index contributed by atoms with van der Waals surface area (Å²) in [4.78, 5) is 25.1. The molecule has 0 aliphatic rings. The van der Waals surface area contributed by atoms with Gasteiger partial charge in [0.15, 0.2) is 5.78 Å². The van der Waals surface area contributed by atoms with Crippen molar-refractivity contribution in [1.82, 2.24) is 0 Å². The first-order valence-electron chi connectivity index (χ1n) is 8.10. The summed E-state index contributed by atoms with van der Waals surface area (Å²) < 4.78 is 26.6. The van der Waals surface area contributed by atoms with Crippen LogP contribution in [0.1, 0.15) is 20.7 Å². The van der Waals surface area contributed by atoms with Crippen LogP contribution in [0.5, 0.6) is 0 Å². The minimum atomic E-state index is -0.592. The molecule has 0 bridgehead atoms. The van der Waals surface area contributed by atoms with Gasteiger partial charge in [0.1, 0.15) is 11.6 Å². The van der Waals surface area contributed by atoms with Gasteiger partial charge >= 0.3 is 0 Å². The van der Waals surface area contributed by atoms with Gasteiger partial charge in [-0.25, -0.2) is 8.78 Å². The largest absolute Gasteiger partial charge is 0.322 e. The summed E-state index contributed by atoms with van der Waals surface area (Å²) in [6.45, 7) is 0. The Kier molecular flexibility index (Phi) is 5.98. The molecule has 6 heteroatoms. The van der Waals surface area contributed by atoms with Crippen LogP contribution < -0.4 is 5.32 Å². The molecule has 3 aromatic rings. The van der Waals surface area contributed by atoms with E-state index in [1.54, 1.807) is 30.3 Å². The minimum absolute atomic E-state index is 0.0398. The number of ketones is 1. The SMILES string of the molecule is O=C(CSc1cccc(NC(=O)c2ccccc2F)c1)c1ccc(F)cc1. The predicted molar refractivity (Wildman–Crippen MR) is 102 cm³/mol. The standard InChI is InChI=1S/C21H15F2NO2S/c22-15-10-8-14(9-11-15)20(25)13-27-17-5-3-4-16(12-17)24-21(26)18-6-1-2-7-19(18)23/h1-12H,13H2,(H,24,26). The molecule has 0 saturated heterocycles. The Morgan fingerprint density at radius 1 is 0.889 bits per heavy atom. The maximum Gasteiger partial charge on any atom is 0.258 e. The Morgan fingerprint density at radius 3 is 2.37 bits per heavy atom. The summed E-state index contributed by atoms with van der Waals surface area (Å²) in [6, 6.07) is 18.1. The Balaban J connectivity index is 1.63. The molecular formula is C21H15F2NO2S. The fraction of sp³-hybridized carbons (Fsp3) is 0.0476. The molecular weight excluding hydrogens is 368 g/mol. The molecule has 0 atom stereocenters. The van der Waals surface area contributed by atoms with Gasteiger partial charge in [-0.05, 0) is 54.6 Å². The maximum absolute atomic E-state index is 13.7. The number of Topliss-reactive ketones (excluding diaryl/α,β-unsaturated/α-hetero) is 1. The van der Waals surface area contributed by atoms with Crippen LogP contribution in [0.25, 0.3) is 0 Å². The molecule has 0 spiro atoms. The van der Waals surface area contributed by atoms with E-state index in [0.29, 0.717) is 11.3 Å². The zero-order valence-corrected chi connectivity index (χ0v) is 14.9. The van der Waals surface area contributed by atoms with Crippen LogP contribution in [0.3, 0.4) is 0 Å². The van der Waals surface area contributed by atoms with Crippen LogP contribution in [-0.2, 0) is 0 Å². The van der Waals surface area contributed by atoms with Crippen LogP contribution in [0.15, 0.2) is 77.7 Å². The highest BCUT2D eigenvalue weighted by atomic mass is 32.2. The van der Waals surface area contributed by atoms with E-state index in [1.165, 1.54) is 54.2 Å². The van der Waals surface area contributed by atoms with Crippen molar-refractivity contribution < 1.29 is 18.4 Å². The predicted octanol–water partition coefficient (Wildman–Crippen LogP) is 5.19. The van der Waals surface area contributed by atoms with Crippen molar-refractivity contribution in [1.29, 1.82) is 0 Å². The van der Waals surface area contributed by atoms with Gasteiger partial charge in [0.2, 0.25) is 0 Å². The fourth-order valence-electron chi connectivity index (χ4n) is 2.38. The summed E-state index contributed by atoms with van der Waals surface area (Å²) in [6.07, 6.45) is 0. The topological polar surface area (TPSA) is 46.2 Å². The molecule has 3 nitrogen and oxygen atoms in total. The van der Waals surface area contributed by atoms with Crippen molar-refractivity contribution in [3.63, 3.8) is 0 Å². The maximum atomic E-state index is 13.7. The number of carbonyl (C=O) groups excluding carboxylic acids is 2. The zero-order valence-electron chi connectivity index (χ0n) is 14.1. The first-order valence-corrected chi connectivity index (χ1v) is 9.09. The molecule has 0 saturated carbocycles. The van der Waals surface area contributed by atoms with E-state index in [2.05, 4.69) is 5.32 Å². The second kappa shape index (κ2) is 8.60. The van der Waals surface area contributed by atoms with Gasteiger partial charge in [0.25, 0.3) is 5.91 Å². The number of hydrogen-bond donors (Lipinski definition) is 1. The Morgan fingerprint density at radius 2 is 1.63 bits per heavy atom. The molecule has 0 fully saturated rings. The van der Waals surface area contributed by atoms with Gasteiger partial charge in [-0.15, -0.1) is 11.8 Å². The van der Waals surface area contributed by atoms with Crippen LogP contribution in [-0.4, -0.2) is 17.4 Å². The van der Waals surface area contributed by atoms with Crippen molar-refractivity contribution in [2.75, 3.05) is 11.1 Å². The molecule has 0 radical (unpaired) electrons.